The number of halogens is 3. The molecule has 0 fully saturated rings. The third-order valence-electron chi connectivity index (χ3n) is 4.10. The van der Waals surface area contributed by atoms with E-state index in [2.05, 4.69) is 48.4 Å². The first-order valence-corrected chi connectivity index (χ1v) is 10.2. The normalized spacial score (nSPS) is 10.5. The largest absolute Gasteiger partial charge is 0.489 e. The molecule has 32 heavy (non-hydrogen) atoms. The number of hydrogen-bond acceptors (Lipinski definition) is 6. The van der Waals surface area contributed by atoms with Crippen molar-refractivity contribution in [3.8, 4) is 5.75 Å². The molecular weight excluding hydrogens is 509 g/mol. The van der Waals surface area contributed by atoms with E-state index < -0.39 is 17.8 Å². The van der Waals surface area contributed by atoms with Gasteiger partial charge in [0, 0.05) is 15.9 Å². The predicted molar refractivity (Wildman–Crippen MR) is 122 cm³/mol. The van der Waals surface area contributed by atoms with Gasteiger partial charge in [0.2, 0.25) is 5.91 Å². The second kappa shape index (κ2) is 10.2. The zero-order valence-corrected chi connectivity index (χ0v) is 18.6. The number of rotatable bonds is 8. The lowest BCUT2D eigenvalue weighted by molar-refractivity contribution is -0.111. The van der Waals surface area contributed by atoms with Gasteiger partial charge in [-0.15, -0.1) is 0 Å². The van der Waals surface area contributed by atoms with Crippen molar-refractivity contribution in [3.63, 3.8) is 0 Å². The lowest BCUT2D eigenvalue weighted by atomic mass is 10.1. The molecule has 0 saturated carbocycles. The van der Waals surface area contributed by atoms with Crippen molar-refractivity contribution in [1.29, 1.82) is 0 Å². The molecule has 0 radical (unpaired) electrons. The lowest BCUT2D eigenvalue weighted by Gasteiger charge is -2.15. The van der Waals surface area contributed by atoms with Crippen molar-refractivity contribution in [3.05, 3.63) is 58.6 Å². The monoisotopic (exact) mass is 523 g/mol. The number of carbonyl (C=O) groups is 2. The zero-order valence-electron chi connectivity index (χ0n) is 16.3. The Labute approximate surface area is 194 Å². The van der Waals surface area contributed by atoms with E-state index in [0.717, 1.165) is 6.08 Å². The molecule has 0 aliphatic heterocycles. The van der Waals surface area contributed by atoms with Crippen molar-refractivity contribution in [2.75, 3.05) is 23.8 Å². The van der Waals surface area contributed by atoms with Crippen molar-refractivity contribution < 1.29 is 23.8 Å². The Morgan fingerprint density at radius 3 is 2.78 bits per heavy atom. The van der Waals surface area contributed by atoms with Crippen LogP contribution in [0.25, 0.3) is 10.9 Å². The number of carboxylic acid groups (broad SMARTS) is 1. The SMILES string of the molecule is C=CC(=O)Nc1cc2c(Nc3ccc(Br)c(Cl)c3F)ncnc2cc1OCCNC(=O)O. The van der Waals surface area contributed by atoms with Gasteiger partial charge in [-0.3, -0.25) is 4.79 Å². The van der Waals surface area contributed by atoms with Crippen LogP contribution < -0.4 is 20.7 Å². The van der Waals surface area contributed by atoms with Gasteiger partial charge >= 0.3 is 6.09 Å². The Morgan fingerprint density at radius 2 is 2.06 bits per heavy atom. The Morgan fingerprint density at radius 1 is 1.28 bits per heavy atom. The maximum absolute atomic E-state index is 14.5. The summed E-state index contributed by atoms with van der Waals surface area (Å²) in [5.74, 6) is -0.642. The number of aromatic nitrogens is 2. The number of carbonyl (C=O) groups excluding carboxylic acids is 1. The number of nitrogens with zero attached hydrogens (tertiary/aromatic N) is 2. The van der Waals surface area contributed by atoms with Crippen LogP contribution in [-0.4, -0.2) is 40.2 Å². The van der Waals surface area contributed by atoms with E-state index in [1.807, 2.05) is 0 Å². The molecular formula is C20H16BrClFN5O4. The number of benzene rings is 2. The average molecular weight is 525 g/mol. The zero-order chi connectivity index (χ0) is 23.3. The topological polar surface area (TPSA) is 125 Å². The van der Waals surface area contributed by atoms with E-state index in [4.69, 9.17) is 21.4 Å². The first kappa shape index (κ1) is 23.2. The predicted octanol–water partition coefficient (Wildman–Crippen LogP) is 4.70. The molecule has 0 bridgehead atoms. The van der Waals surface area contributed by atoms with Crippen molar-refractivity contribution >= 4 is 67.6 Å². The lowest BCUT2D eigenvalue weighted by Crippen LogP contribution is -2.26. The third kappa shape index (κ3) is 5.42. The van der Waals surface area contributed by atoms with Crippen molar-refractivity contribution in [2.24, 2.45) is 0 Å². The number of fused-ring (bicyclic) bond motifs is 1. The summed E-state index contributed by atoms with van der Waals surface area (Å²) in [5.41, 5.74) is 0.795. The molecule has 3 rings (SSSR count). The fourth-order valence-corrected chi connectivity index (χ4v) is 3.12. The maximum Gasteiger partial charge on any atom is 0.404 e. The summed E-state index contributed by atoms with van der Waals surface area (Å²) in [6, 6.07) is 6.18. The second-order valence-corrected chi connectivity index (χ2v) is 7.44. The Bertz CT molecular complexity index is 1210. The molecule has 9 nitrogen and oxygen atoms in total. The number of anilines is 3. The number of amides is 2. The van der Waals surface area contributed by atoms with Crippen LogP contribution in [0.4, 0.5) is 26.4 Å². The molecule has 1 aromatic heterocycles. The molecule has 166 valence electrons. The van der Waals surface area contributed by atoms with Gasteiger partial charge in [-0.2, -0.15) is 0 Å². The summed E-state index contributed by atoms with van der Waals surface area (Å²) in [6.45, 7) is 3.46. The van der Waals surface area contributed by atoms with Crippen LogP contribution in [0.1, 0.15) is 0 Å². The van der Waals surface area contributed by atoms with E-state index in [1.165, 1.54) is 12.4 Å². The Kier molecular flexibility index (Phi) is 7.44. The highest BCUT2D eigenvalue weighted by Gasteiger charge is 2.15. The Hall–Kier alpha value is -3.44. The van der Waals surface area contributed by atoms with E-state index in [1.54, 1.807) is 18.2 Å². The van der Waals surface area contributed by atoms with Crippen molar-refractivity contribution in [1.82, 2.24) is 15.3 Å². The van der Waals surface area contributed by atoms with Crippen LogP contribution in [-0.2, 0) is 4.79 Å². The molecule has 0 aliphatic carbocycles. The molecule has 3 aromatic rings. The molecule has 2 aromatic carbocycles. The minimum absolute atomic E-state index is 0.00750. The van der Waals surface area contributed by atoms with Gasteiger partial charge in [0.1, 0.15) is 24.5 Å². The molecule has 12 heteroatoms. The number of ether oxygens (including phenoxy) is 1. The summed E-state index contributed by atoms with van der Waals surface area (Å²) < 4.78 is 20.6. The highest BCUT2D eigenvalue weighted by Crippen LogP contribution is 2.35. The van der Waals surface area contributed by atoms with Gasteiger partial charge in [-0.05, 0) is 40.2 Å². The van der Waals surface area contributed by atoms with E-state index in [-0.39, 0.29) is 41.1 Å². The highest BCUT2D eigenvalue weighted by atomic mass is 79.9. The minimum atomic E-state index is -1.18. The average Bonchev–Trinajstić information content (AvgIpc) is 2.77. The quantitative estimate of drug-likeness (QED) is 0.191. The van der Waals surface area contributed by atoms with E-state index in [0.29, 0.717) is 15.4 Å². The molecule has 0 aliphatic rings. The number of nitrogens with one attached hydrogen (secondary N) is 3. The van der Waals surface area contributed by atoms with Crippen LogP contribution in [0.15, 0.2) is 47.7 Å². The van der Waals surface area contributed by atoms with Gasteiger partial charge in [-0.25, -0.2) is 19.2 Å². The molecule has 0 atom stereocenters. The van der Waals surface area contributed by atoms with Gasteiger partial charge in [0.25, 0.3) is 0 Å². The fourth-order valence-electron chi connectivity index (χ4n) is 2.65. The molecule has 2 amide bonds. The smallest absolute Gasteiger partial charge is 0.404 e. The summed E-state index contributed by atoms with van der Waals surface area (Å²) in [4.78, 5) is 30.8. The van der Waals surface area contributed by atoms with Crippen LogP contribution in [0.3, 0.4) is 0 Å². The van der Waals surface area contributed by atoms with Crippen LogP contribution in [0.2, 0.25) is 5.02 Å². The summed E-state index contributed by atoms with van der Waals surface area (Å²) in [6.07, 6.45) is 1.18. The molecule has 0 spiro atoms. The van der Waals surface area contributed by atoms with Crippen LogP contribution in [0.5, 0.6) is 5.75 Å². The summed E-state index contributed by atoms with van der Waals surface area (Å²) in [5, 5.41) is 16.7. The second-order valence-electron chi connectivity index (χ2n) is 6.21. The highest BCUT2D eigenvalue weighted by molar-refractivity contribution is 9.10. The molecule has 0 saturated heterocycles. The summed E-state index contributed by atoms with van der Waals surface area (Å²) in [7, 11) is 0. The first-order chi connectivity index (χ1) is 15.3. The third-order valence-corrected chi connectivity index (χ3v) is 5.36. The van der Waals surface area contributed by atoms with Gasteiger partial charge in [0.15, 0.2) is 5.82 Å². The number of hydrogen-bond donors (Lipinski definition) is 4. The Balaban J connectivity index is 2.00. The van der Waals surface area contributed by atoms with Crippen LogP contribution in [0, 0.1) is 5.82 Å². The van der Waals surface area contributed by atoms with Crippen LogP contribution >= 0.6 is 27.5 Å². The van der Waals surface area contributed by atoms with E-state index in [9.17, 15) is 14.0 Å². The van der Waals surface area contributed by atoms with Gasteiger partial charge in [-0.1, -0.05) is 18.2 Å². The molecule has 0 unspecified atom stereocenters. The van der Waals surface area contributed by atoms with E-state index >= 15 is 0 Å². The minimum Gasteiger partial charge on any atom is -0.489 e. The van der Waals surface area contributed by atoms with Gasteiger partial charge < -0.3 is 25.8 Å². The summed E-state index contributed by atoms with van der Waals surface area (Å²) >= 11 is 9.12. The molecule has 4 N–H and O–H groups in total. The molecule has 1 heterocycles. The van der Waals surface area contributed by atoms with Gasteiger partial charge in [0.05, 0.1) is 28.5 Å². The first-order valence-electron chi connectivity index (χ1n) is 9.02. The fraction of sp³-hybridized carbons (Fsp3) is 0.100. The standard InChI is InChI=1S/C20H16BrClFN5O4/c1-2-16(29)27-14-7-10-13(8-15(14)32-6-5-24-20(30)31)25-9-26-19(10)28-12-4-3-11(21)17(22)18(12)23/h2-4,7-9,24H,1,5-6H2,(H,27,29)(H,30,31)(H,25,26,28). The maximum atomic E-state index is 14.5. The van der Waals surface area contributed by atoms with Crippen molar-refractivity contribution in [2.45, 2.75) is 0 Å².